The predicted octanol–water partition coefficient (Wildman–Crippen LogP) is 0.653. The minimum absolute atomic E-state index is 0.0191. The van der Waals surface area contributed by atoms with Gasteiger partial charge in [-0.05, 0) is 23.8 Å². The molecule has 0 aliphatic heterocycles. The highest BCUT2D eigenvalue weighted by molar-refractivity contribution is 6.32. The molecule has 6 heteroatoms. The fraction of sp³-hybridized carbons (Fsp3) is 0. The van der Waals surface area contributed by atoms with Crippen molar-refractivity contribution < 1.29 is 5.11 Å². The Hall–Kier alpha value is -1.75. The maximum absolute atomic E-state index is 9.11. The third-order valence-corrected chi connectivity index (χ3v) is 1.65. The maximum Gasteiger partial charge on any atom is 0.211 e. The summed E-state index contributed by atoms with van der Waals surface area (Å²) in [5.74, 6) is -0.100. The summed E-state index contributed by atoms with van der Waals surface area (Å²) < 4.78 is 0. The molecule has 14 heavy (non-hydrogen) atoms. The zero-order valence-corrected chi connectivity index (χ0v) is 7.94. The number of aromatic hydroxyl groups is 1. The monoisotopic (exact) mass is 212 g/mol. The molecule has 0 saturated heterocycles. The van der Waals surface area contributed by atoms with Crippen LogP contribution in [0.15, 0.2) is 28.4 Å². The molecule has 0 aromatic heterocycles. The molecule has 0 fully saturated rings. The van der Waals surface area contributed by atoms with Crippen molar-refractivity contribution in [3.63, 3.8) is 0 Å². The zero-order valence-electron chi connectivity index (χ0n) is 7.18. The van der Waals surface area contributed by atoms with Crippen LogP contribution in [0.4, 0.5) is 0 Å². The first-order chi connectivity index (χ1) is 6.59. The molecule has 74 valence electrons. The van der Waals surface area contributed by atoms with Gasteiger partial charge in [-0.25, -0.2) is 0 Å². The molecule has 0 aliphatic carbocycles. The van der Waals surface area contributed by atoms with Gasteiger partial charge in [0.1, 0.15) is 5.75 Å². The number of phenolic OH excluding ortho intramolecular Hbond substituents is 1. The lowest BCUT2D eigenvalue weighted by atomic mass is 10.2. The van der Waals surface area contributed by atoms with Crippen molar-refractivity contribution in [2.24, 2.45) is 21.7 Å². The number of hydrogen-bond donors (Lipinski definition) is 3. The topological polar surface area (TPSA) is 97.0 Å². The van der Waals surface area contributed by atoms with Gasteiger partial charge < -0.3 is 16.6 Å². The average molecular weight is 213 g/mol. The molecule has 5 nitrogen and oxygen atoms in total. The fourth-order valence-electron chi connectivity index (χ4n) is 0.766. The zero-order chi connectivity index (χ0) is 10.6. The maximum atomic E-state index is 9.11. The lowest BCUT2D eigenvalue weighted by molar-refractivity contribution is 0.475. The fourth-order valence-corrected chi connectivity index (χ4v) is 0.955. The highest BCUT2D eigenvalue weighted by Gasteiger charge is 1.97. The predicted molar refractivity (Wildman–Crippen MR) is 56.5 cm³/mol. The number of phenols is 1. The minimum atomic E-state index is -0.119. The van der Waals surface area contributed by atoms with Crippen LogP contribution in [-0.2, 0) is 0 Å². The summed E-state index contributed by atoms with van der Waals surface area (Å²) in [6.07, 6.45) is 1.42. The Morgan fingerprint density at radius 2 is 2.14 bits per heavy atom. The number of halogens is 1. The van der Waals surface area contributed by atoms with Crippen molar-refractivity contribution in [3.05, 3.63) is 28.8 Å². The Morgan fingerprint density at radius 1 is 1.43 bits per heavy atom. The Balaban J connectivity index is 2.83. The van der Waals surface area contributed by atoms with Gasteiger partial charge in [0.15, 0.2) is 0 Å². The van der Waals surface area contributed by atoms with Crippen molar-refractivity contribution in [1.29, 1.82) is 0 Å². The Morgan fingerprint density at radius 3 is 2.71 bits per heavy atom. The van der Waals surface area contributed by atoms with E-state index in [0.717, 1.165) is 0 Å². The first kappa shape index (κ1) is 10.3. The number of nitrogens with zero attached hydrogens (tertiary/aromatic N) is 2. The molecule has 0 atom stereocenters. The van der Waals surface area contributed by atoms with Crippen molar-refractivity contribution in [2.75, 3.05) is 0 Å². The van der Waals surface area contributed by atoms with Crippen LogP contribution in [0.2, 0.25) is 5.02 Å². The van der Waals surface area contributed by atoms with Crippen molar-refractivity contribution in [3.8, 4) is 5.75 Å². The van der Waals surface area contributed by atoms with E-state index in [4.69, 9.17) is 28.2 Å². The lowest BCUT2D eigenvalue weighted by Crippen LogP contribution is -2.21. The first-order valence-corrected chi connectivity index (χ1v) is 4.08. The van der Waals surface area contributed by atoms with Crippen molar-refractivity contribution in [1.82, 2.24) is 0 Å². The third-order valence-electron chi connectivity index (χ3n) is 1.35. The number of nitrogens with two attached hydrogens (primary N) is 2. The van der Waals surface area contributed by atoms with Gasteiger partial charge >= 0.3 is 0 Å². The number of rotatable bonds is 2. The minimum Gasteiger partial charge on any atom is -0.506 e. The molecule has 1 aromatic rings. The van der Waals surface area contributed by atoms with E-state index in [2.05, 4.69) is 10.2 Å². The van der Waals surface area contributed by atoms with Gasteiger partial charge in [-0.15, -0.1) is 5.10 Å². The van der Waals surface area contributed by atoms with Crippen LogP contribution in [0.1, 0.15) is 5.56 Å². The Bertz CT molecular complexity index is 385. The van der Waals surface area contributed by atoms with Crippen LogP contribution in [0.3, 0.4) is 0 Å². The second kappa shape index (κ2) is 4.48. The van der Waals surface area contributed by atoms with Gasteiger partial charge in [0.05, 0.1) is 11.2 Å². The van der Waals surface area contributed by atoms with Crippen molar-refractivity contribution in [2.45, 2.75) is 0 Å². The van der Waals surface area contributed by atoms with E-state index in [1.165, 1.54) is 12.3 Å². The van der Waals surface area contributed by atoms with E-state index in [0.29, 0.717) is 5.56 Å². The first-order valence-electron chi connectivity index (χ1n) is 3.70. The van der Waals surface area contributed by atoms with Gasteiger partial charge in [-0.3, -0.25) is 0 Å². The van der Waals surface area contributed by atoms with Crippen LogP contribution in [0, 0.1) is 0 Å². The SMILES string of the molecule is NC(N)=N/N=C\c1ccc(O)c(Cl)c1. The standard InChI is InChI=1S/C8H9ClN4O/c9-6-3-5(1-2-7(6)14)4-12-13-8(10)11/h1-4,14H,(H4,10,11,13)/b12-4-. The molecule has 0 unspecified atom stereocenters. The normalized spacial score (nSPS) is 10.4. The number of benzene rings is 1. The molecule has 0 saturated carbocycles. The molecule has 1 rings (SSSR count). The van der Waals surface area contributed by atoms with Crippen LogP contribution < -0.4 is 11.5 Å². The highest BCUT2D eigenvalue weighted by Crippen LogP contribution is 2.22. The van der Waals surface area contributed by atoms with E-state index in [1.54, 1.807) is 12.1 Å². The van der Waals surface area contributed by atoms with Crippen molar-refractivity contribution >= 4 is 23.8 Å². The molecule has 0 radical (unpaired) electrons. The Labute approximate surface area is 85.7 Å². The summed E-state index contributed by atoms with van der Waals surface area (Å²) in [6.45, 7) is 0. The highest BCUT2D eigenvalue weighted by atomic mass is 35.5. The second-order valence-electron chi connectivity index (χ2n) is 2.48. The van der Waals surface area contributed by atoms with Crippen LogP contribution in [0.25, 0.3) is 0 Å². The van der Waals surface area contributed by atoms with Gasteiger partial charge in [-0.2, -0.15) is 5.10 Å². The molecule has 1 aromatic carbocycles. The smallest absolute Gasteiger partial charge is 0.211 e. The molecule has 0 aliphatic rings. The summed E-state index contributed by atoms with van der Waals surface area (Å²) in [6, 6.07) is 4.63. The number of guanidine groups is 1. The average Bonchev–Trinajstić information content (AvgIpc) is 2.10. The van der Waals surface area contributed by atoms with Gasteiger partial charge in [-0.1, -0.05) is 11.6 Å². The van der Waals surface area contributed by atoms with Crippen LogP contribution in [0.5, 0.6) is 5.75 Å². The van der Waals surface area contributed by atoms with E-state index in [9.17, 15) is 0 Å². The van der Waals surface area contributed by atoms with E-state index in [1.807, 2.05) is 0 Å². The largest absolute Gasteiger partial charge is 0.506 e. The molecule has 0 bridgehead atoms. The van der Waals surface area contributed by atoms with Gasteiger partial charge in [0.25, 0.3) is 0 Å². The summed E-state index contributed by atoms with van der Waals surface area (Å²) in [5.41, 5.74) is 10.8. The summed E-state index contributed by atoms with van der Waals surface area (Å²) in [7, 11) is 0. The quantitative estimate of drug-likeness (QED) is 0.382. The van der Waals surface area contributed by atoms with E-state index in [-0.39, 0.29) is 16.7 Å². The van der Waals surface area contributed by atoms with E-state index < -0.39 is 0 Å². The third kappa shape index (κ3) is 2.95. The summed E-state index contributed by atoms with van der Waals surface area (Å²) in [5, 5.41) is 16.4. The van der Waals surface area contributed by atoms with Crippen LogP contribution >= 0.6 is 11.6 Å². The number of hydrogen-bond acceptors (Lipinski definition) is 3. The lowest BCUT2D eigenvalue weighted by Gasteiger charge is -1.96. The molecular formula is C8H9ClN4O. The molecular weight excluding hydrogens is 204 g/mol. The van der Waals surface area contributed by atoms with Gasteiger partial charge in [0.2, 0.25) is 5.96 Å². The molecule has 0 spiro atoms. The second-order valence-corrected chi connectivity index (χ2v) is 2.89. The van der Waals surface area contributed by atoms with E-state index >= 15 is 0 Å². The molecule has 0 heterocycles. The van der Waals surface area contributed by atoms with Crippen LogP contribution in [-0.4, -0.2) is 17.3 Å². The Kier molecular flexibility index (Phi) is 3.30. The summed E-state index contributed by atoms with van der Waals surface area (Å²) >= 11 is 5.66. The molecule has 5 N–H and O–H groups in total. The van der Waals surface area contributed by atoms with Gasteiger partial charge in [0, 0.05) is 0 Å². The molecule has 0 amide bonds. The summed E-state index contributed by atoms with van der Waals surface area (Å²) in [4.78, 5) is 0.